The number of nitrogens with two attached hydrogens (primary N) is 5. The van der Waals surface area contributed by atoms with Crippen LogP contribution in [0.15, 0.2) is 99.9 Å². The van der Waals surface area contributed by atoms with Gasteiger partial charge < -0.3 is 38.6 Å². The average Bonchev–Trinajstić information content (AvgIpc) is 3.42. The van der Waals surface area contributed by atoms with Gasteiger partial charge in [-0.15, -0.1) is 0 Å². The van der Waals surface area contributed by atoms with Crippen LogP contribution >= 0.6 is 0 Å². The number of hydrogen-bond acceptors (Lipinski definition) is 5. The first-order valence-electron chi connectivity index (χ1n) is 17.8. The van der Waals surface area contributed by atoms with E-state index in [1.165, 1.54) is 55.2 Å². The third-order valence-electron chi connectivity index (χ3n) is 9.63. The van der Waals surface area contributed by atoms with E-state index in [1.807, 2.05) is 0 Å². The number of nitrogens with zero attached hydrogens (tertiary/aromatic N) is 4. The highest BCUT2D eigenvalue weighted by molar-refractivity contribution is 6.10. The molecule has 1 unspecified atom stereocenters. The van der Waals surface area contributed by atoms with E-state index in [9.17, 15) is 0 Å². The molecular weight excluding hydrogens is 621 g/mol. The van der Waals surface area contributed by atoms with Gasteiger partial charge in [0, 0.05) is 54.5 Å². The molecule has 260 valence electrons. The third-order valence-corrected chi connectivity index (χ3v) is 9.63. The maximum Gasteiger partial charge on any atom is 0.188 e. The third kappa shape index (κ3) is 8.55. The van der Waals surface area contributed by atoms with Gasteiger partial charge in [-0.2, -0.15) is 0 Å². The lowest BCUT2D eigenvalue weighted by molar-refractivity contribution is 0.576. The predicted molar refractivity (Wildman–Crippen MR) is 210 cm³/mol. The van der Waals surface area contributed by atoms with Crippen LogP contribution in [0.5, 0.6) is 0 Å². The number of unbranched alkanes of at least 4 members (excludes halogenated alkanes) is 2. The Morgan fingerprint density at radius 2 is 1.40 bits per heavy atom. The van der Waals surface area contributed by atoms with E-state index in [0.717, 1.165) is 51.5 Å². The summed E-state index contributed by atoms with van der Waals surface area (Å²) in [6.45, 7) is 3.44. The van der Waals surface area contributed by atoms with Crippen LogP contribution in [0, 0.1) is 0 Å². The second kappa shape index (κ2) is 16.3. The van der Waals surface area contributed by atoms with Crippen LogP contribution in [0.4, 0.5) is 0 Å². The fourth-order valence-corrected chi connectivity index (χ4v) is 7.09. The molecule has 10 nitrogen and oxygen atoms in total. The number of benzene rings is 4. The summed E-state index contributed by atoms with van der Waals surface area (Å²) in [6.07, 6.45) is 6.79. The molecule has 0 fully saturated rings. The average molecular weight is 671 g/mol. The number of rotatable bonds is 10. The van der Waals surface area contributed by atoms with E-state index in [4.69, 9.17) is 28.7 Å². The first kappa shape index (κ1) is 34.4. The number of aromatic nitrogens is 1. The maximum atomic E-state index is 6.31. The van der Waals surface area contributed by atoms with Crippen molar-refractivity contribution in [2.45, 2.75) is 57.4 Å². The molecule has 6 rings (SSSR count). The molecule has 0 aliphatic carbocycles. The molecule has 4 aromatic carbocycles. The number of fused-ring (bicyclic) bond motifs is 7. The van der Waals surface area contributed by atoms with Gasteiger partial charge in [0.2, 0.25) is 0 Å². The first-order valence-corrected chi connectivity index (χ1v) is 17.8. The van der Waals surface area contributed by atoms with Crippen LogP contribution in [-0.4, -0.2) is 48.6 Å². The van der Waals surface area contributed by atoms with Gasteiger partial charge in [-0.25, -0.2) is 0 Å². The van der Waals surface area contributed by atoms with Gasteiger partial charge >= 0.3 is 0 Å². The Hall–Kier alpha value is -5.51. The molecule has 0 saturated heterocycles. The van der Waals surface area contributed by atoms with Gasteiger partial charge in [-0.1, -0.05) is 79.2 Å². The van der Waals surface area contributed by atoms with E-state index in [0.29, 0.717) is 32.1 Å². The lowest BCUT2D eigenvalue weighted by atomic mass is 9.90. The van der Waals surface area contributed by atoms with Crippen LogP contribution < -0.4 is 34.0 Å². The zero-order chi connectivity index (χ0) is 34.9. The molecule has 0 amide bonds. The molecule has 1 atom stereocenters. The van der Waals surface area contributed by atoms with E-state index < -0.39 is 0 Å². The minimum atomic E-state index is 0.120. The second-order valence-corrected chi connectivity index (χ2v) is 13.2. The Bertz CT molecular complexity index is 2010. The highest BCUT2D eigenvalue weighted by atomic mass is 15.1. The molecule has 4 bridgehead atoms. The molecule has 0 spiro atoms. The zero-order valence-corrected chi connectivity index (χ0v) is 28.8. The van der Waals surface area contributed by atoms with Crippen LogP contribution in [0.2, 0.25) is 0 Å². The Morgan fingerprint density at radius 3 is 2.12 bits per heavy atom. The minimum Gasteiger partial charge on any atom is -0.370 e. The Balaban J connectivity index is 1.34. The minimum absolute atomic E-state index is 0.120. The molecule has 5 aromatic rings. The largest absolute Gasteiger partial charge is 0.370 e. The molecule has 1 aromatic heterocycles. The topological polar surface area (TPSA) is 184 Å². The Labute approximate surface area is 294 Å². The summed E-state index contributed by atoms with van der Waals surface area (Å²) in [7, 11) is 0. The molecule has 0 saturated carbocycles. The number of aryl methyl sites for hydroxylation is 2. The second-order valence-electron chi connectivity index (χ2n) is 13.2. The lowest BCUT2D eigenvalue weighted by Crippen LogP contribution is -2.33. The Morgan fingerprint density at radius 1 is 0.740 bits per heavy atom. The van der Waals surface area contributed by atoms with E-state index in [2.05, 4.69) is 110 Å². The number of guanidine groups is 3. The molecule has 1 aliphatic rings. The smallest absolute Gasteiger partial charge is 0.188 e. The van der Waals surface area contributed by atoms with Crippen molar-refractivity contribution in [3.05, 3.63) is 96.1 Å². The van der Waals surface area contributed by atoms with Gasteiger partial charge in [0.15, 0.2) is 17.9 Å². The molecule has 1 aliphatic heterocycles. The van der Waals surface area contributed by atoms with Crippen molar-refractivity contribution < 1.29 is 0 Å². The van der Waals surface area contributed by atoms with Crippen molar-refractivity contribution in [2.24, 2.45) is 43.6 Å². The number of nitrogens with one attached hydrogen (secondary N) is 1. The summed E-state index contributed by atoms with van der Waals surface area (Å²) >= 11 is 0. The van der Waals surface area contributed by atoms with E-state index in [-0.39, 0.29) is 17.8 Å². The van der Waals surface area contributed by atoms with E-state index in [1.54, 1.807) is 0 Å². The van der Waals surface area contributed by atoms with Gasteiger partial charge in [0.1, 0.15) is 0 Å². The zero-order valence-electron chi connectivity index (χ0n) is 28.8. The summed E-state index contributed by atoms with van der Waals surface area (Å²) in [6, 6.07) is 31.6. The molecule has 2 heterocycles. The predicted octanol–water partition coefficient (Wildman–Crippen LogP) is 5.56. The van der Waals surface area contributed by atoms with Crippen molar-refractivity contribution >= 4 is 39.7 Å². The summed E-state index contributed by atoms with van der Waals surface area (Å²) in [5, 5.41) is 5.83. The van der Waals surface area contributed by atoms with Crippen LogP contribution in [0.1, 0.15) is 55.6 Å². The summed E-state index contributed by atoms with van der Waals surface area (Å²) in [5.41, 5.74) is 38.4. The van der Waals surface area contributed by atoms with Gasteiger partial charge in [0.25, 0.3) is 0 Å². The fourth-order valence-electron chi connectivity index (χ4n) is 7.09. The van der Waals surface area contributed by atoms with Crippen molar-refractivity contribution in [1.82, 2.24) is 9.88 Å². The van der Waals surface area contributed by atoms with Gasteiger partial charge in [-0.05, 0) is 90.0 Å². The van der Waals surface area contributed by atoms with Crippen molar-refractivity contribution in [3.8, 4) is 22.3 Å². The van der Waals surface area contributed by atoms with Crippen molar-refractivity contribution in [3.63, 3.8) is 0 Å². The van der Waals surface area contributed by atoms with Gasteiger partial charge in [0.05, 0.1) is 0 Å². The number of aliphatic imine (C=N–C) groups is 3. The molecular formula is C40H50N10. The molecule has 0 radical (unpaired) electrons. The first-order chi connectivity index (χ1) is 24.4. The maximum absolute atomic E-state index is 6.31. The Kier molecular flexibility index (Phi) is 11.2. The molecule has 10 heteroatoms. The monoisotopic (exact) mass is 670 g/mol. The fraction of sp³-hybridized carbons (Fsp3) is 0.325. The van der Waals surface area contributed by atoms with E-state index >= 15 is 0 Å². The van der Waals surface area contributed by atoms with Crippen LogP contribution in [0.3, 0.4) is 0 Å². The SMILES string of the molecule is NC(N)=NCCCCCc1cccc(-c2ccc3c4ccc5cc4n(c3c2)CCCN=C(N)NCCC(CCN=C(N)N)c2cccc-5c2)c1. The molecule has 50 heavy (non-hydrogen) atoms. The highest BCUT2D eigenvalue weighted by Crippen LogP contribution is 2.36. The summed E-state index contributed by atoms with van der Waals surface area (Å²) in [5.74, 6) is 1.02. The normalized spacial score (nSPS) is 15.0. The van der Waals surface area contributed by atoms with Crippen molar-refractivity contribution in [2.75, 3.05) is 26.2 Å². The summed E-state index contributed by atoms with van der Waals surface area (Å²) < 4.78 is 2.46. The lowest BCUT2D eigenvalue weighted by Gasteiger charge is -2.19. The van der Waals surface area contributed by atoms with Crippen LogP contribution in [0.25, 0.3) is 44.1 Å². The quantitative estimate of drug-likeness (QED) is 0.0642. The highest BCUT2D eigenvalue weighted by Gasteiger charge is 2.16. The van der Waals surface area contributed by atoms with Gasteiger partial charge in [-0.3, -0.25) is 15.0 Å². The standard InChI is InChI=1S/C40H50N10/c41-38(42)46-18-3-1-2-7-27-8-4-9-29(23-27)32-12-14-34-35-15-13-33-26-37(35)50(36(34)25-32)22-6-19-48-40(45)49-21-17-28(16-20-47-39(43)44)30-10-5-11-31(33)24-30/h4-5,8-15,23-26,28H,1-3,6-7,16-22H2,(H4,41,42,46)(H4,43,44,47)(H3,45,48,49). The molecule has 11 N–H and O–H groups in total. The number of hydrogen-bond donors (Lipinski definition) is 6. The summed E-state index contributed by atoms with van der Waals surface area (Å²) in [4.78, 5) is 13.0. The van der Waals surface area contributed by atoms with Crippen molar-refractivity contribution in [1.29, 1.82) is 0 Å². The van der Waals surface area contributed by atoms with Crippen LogP contribution in [-0.2, 0) is 13.0 Å².